The van der Waals surface area contributed by atoms with Gasteiger partial charge < -0.3 is 20.1 Å². The molecule has 0 spiro atoms. The van der Waals surface area contributed by atoms with E-state index in [2.05, 4.69) is 63.5 Å². The number of fused-ring (bicyclic) bond motifs is 1. The van der Waals surface area contributed by atoms with Gasteiger partial charge in [-0.05, 0) is 62.0 Å². The summed E-state index contributed by atoms with van der Waals surface area (Å²) in [5, 5.41) is 23.8. The second-order valence-electron chi connectivity index (χ2n) is 9.58. The Kier molecular flexibility index (Phi) is 7.57. The zero-order chi connectivity index (χ0) is 26.6. The molecule has 0 aliphatic carbocycles. The first kappa shape index (κ1) is 25.7. The first-order chi connectivity index (χ1) is 18.4. The fraction of sp³-hybridized carbons (Fsp3) is 0.276. The van der Waals surface area contributed by atoms with Crippen molar-refractivity contribution in [2.75, 3.05) is 37.0 Å². The van der Waals surface area contributed by atoms with Crippen molar-refractivity contribution in [2.45, 2.75) is 26.6 Å². The molecule has 1 fully saturated rings. The Hall–Kier alpha value is -3.95. The topological polar surface area (TPSA) is 77.6 Å². The van der Waals surface area contributed by atoms with Gasteiger partial charge in [-0.2, -0.15) is 0 Å². The van der Waals surface area contributed by atoms with Crippen molar-refractivity contribution in [1.82, 2.24) is 9.47 Å². The van der Waals surface area contributed by atoms with Gasteiger partial charge in [-0.25, -0.2) is 0 Å². The smallest absolute Gasteiger partial charge is 0.221 e. The van der Waals surface area contributed by atoms with Crippen LogP contribution in [0.4, 0.5) is 17.1 Å². The zero-order valence-corrected chi connectivity index (χ0v) is 22.7. The molecule has 1 atom stereocenters. The quantitative estimate of drug-likeness (QED) is 0.226. The van der Waals surface area contributed by atoms with Crippen molar-refractivity contribution in [3.05, 3.63) is 78.4 Å². The van der Waals surface area contributed by atoms with E-state index in [1.54, 1.807) is 7.11 Å². The summed E-state index contributed by atoms with van der Waals surface area (Å²) in [6.45, 7) is 7.61. The van der Waals surface area contributed by atoms with Crippen LogP contribution in [0.25, 0.3) is 10.9 Å². The highest BCUT2D eigenvalue weighted by molar-refractivity contribution is 7.80. The lowest BCUT2D eigenvalue weighted by Gasteiger charge is -2.41. The molecule has 0 bridgehead atoms. The number of aryl methyl sites for hydroxylation is 1. The third-order valence-corrected chi connectivity index (χ3v) is 7.05. The van der Waals surface area contributed by atoms with Crippen LogP contribution in [0.2, 0.25) is 0 Å². The maximum Gasteiger partial charge on any atom is 0.221 e. The molecular formula is C29H32N6O2S. The van der Waals surface area contributed by atoms with Gasteiger partial charge in [0, 0.05) is 48.5 Å². The van der Waals surface area contributed by atoms with Crippen molar-refractivity contribution < 1.29 is 9.84 Å². The van der Waals surface area contributed by atoms with Crippen LogP contribution < -0.4 is 15.0 Å². The maximum atomic E-state index is 11.2. The third kappa shape index (κ3) is 5.49. The summed E-state index contributed by atoms with van der Waals surface area (Å²) in [6, 6.07) is 24.2. The van der Waals surface area contributed by atoms with Crippen molar-refractivity contribution >= 4 is 45.3 Å². The van der Waals surface area contributed by atoms with Crippen molar-refractivity contribution in [2.24, 2.45) is 10.2 Å². The Morgan fingerprint density at radius 3 is 2.68 bits per heavy atom. The largest absolute Gasteiger partial charge is 0.497 e. The Balaban J connectivity index is 1.33. The molecule has 1 aromatic heterocycles. The molecule has 0 unspecified atom stereocenters. The van der Waals surface area contributed by atoms with Gasteiger partial charge in [0.05, 0.1) is 19.3 Å². The van der Waals surface area contributed by atoms with E-state index in [0.717, 1.165) is 36.2 Å². The maximum absolute atomic E-state index is 11.2. The van der Waals surface area contributed by atoms with Crippen LogP contribution in [0.3, 0.4) is 0 Å². The molecule has 0 saturated carbocycles. The molecule has 4 aromatic rings. The van der Waals surface area contributed by atoms with Gasteiger partial charge in [-0.3, -0.25) is 9.47 Å². The van der Waals surface area contributed by atoms with E-state index in [1.807, 2.05) is 53.1 Å². The molecule has 0 amide bonds. The molecule has 1 aliphatic heterocycles. The summed E-state index contributed by atoms with van der Waals surface area (Å²) in [6.07, 6.45) is 0. The van der Waals surface area contributed by atoms with Gasteiger partial charge in [-0.15, -0.1) is 10.2 Å². The molecule has 2 heterocycles. The number of aromatic hydroxyl groups is 1. The number of aromatic nitrogens is 1. The molecule has 1 aliphatic rings. The van der Waals surface area contributed by atoms with Crippen LogP contribution >= 0.6 is 12.2 Å². The highest BCUT2D eigenvalue weighted by atomic mass is 32.1. The van der Waals surface area contributed by atoms with Crippen molar-refractivity contribution in [3.63, 3.8) is 0 Å². The Morgan fingerprint density at radius 2 is 1.89 bits per heavy atom. The average molecular weight is 529 g/mol. The minimum Gasteiger partial charge on any atom is -0.497 e. The Labute approximate surface area is 228 Å². The van der Waals surface area contributed by atoms with Gasteiger partial charge in [0.25, 0.3) is 0 Å². The number of azo groups is 1. The van der Waals surface area contributed by atoms with Crippen molar-refractivity contribution in [1.29, 1.82) is 0 Å². The molecule has 1 saturated heterocycles. The number of anilines is 2. The van der Waals surface area contributed by atoms with E-state index < -0.39 is 0 Å². The normalized spacial score (nSPS) is 16.3. The fourth-order valence-corrected chi connectivity index (χ4v) is 5.17. The number of thiocarbonyl (C=S) groups is 1. The molecule has 196 valence electrons. The van der Waals surface area contributed by atoms with Gasteiger partial charge in [0.15, 0.2) is 5.69 Å². The summed E-state index contributed by atoms with van der Waals surface area (Å²) in [5.74, 6) is 0.789. The van der Waals surface area contributed by atoms with Gasteiger partial charge in [0.1, 0.15) is 5.75 Å². The third-order valence-electron chi connectivity index (χ3n) is 6.87. The standard InChI is InChI=1S/C29H32N6O2S/c1-20-8-6-10-23(16-20)34-15-14-33(18-21(34)2)19-35-26-13-5-4-12-25(26)27(28(35)36)31-32-29(38)30-22-9-7-11-24(17-22)37-3/h4-13,16-17,21,36H,14-15,18-19H2,1-3H3,(H,30,38)/t21-/m1/s1. The number of hydrogen-bond donors (Lipinski definition) is 2. The lowest BCUT2D eigenvalue weighted by atomic mass is 10.1. The minimum absolute atomic E-state index is 0.0768. The number of ether oxygens (including phenoxy) is 1. The molecule has 5 rings (SSSR count). The summed E-state index contributed by atoms with van der Waals surface area (Å²) in [4.78, 5) is 4.81. The minimum atomic E-state index is 0.0768. The van der Waals surface area contributed by atoms with E-state index in [1.165, 1.54) is 11.3 Å². The number of para-hydroxylation sites is 1. The number of piperazine rings is 1. The summed E-state index contributed by atoms with van der Waals surface area (Å²) < 4.78 is 7.15. The fourth-order valence-electron chi connectivity index (χ4n) is 5.01. The molecule has 8 nitrogen and oxygen atoms in total. The van der Waals surface area contributed by atoms with Crippen LogP contribution in [-0.2, 0) is 6.67 Å². The highest BCUT2D eigenvalue weighted by Gasteiger charge is 2.26. The van der Waals surface area contributed by atoms with Crippen LogP contribution in [0.15, 0.2) is 83.0 Å². The lowest BCUT2D eigenvalue weighted by Crippen LogP contribution is -2.52. The second-order valence-corrected chi connectivity index (χ2v) is 9.97. The van der Waals surface area contributed by atoms with Gasteiger partial charge in [0.2, 0.25) is 11.0 Å². The number of methoxy groups -OCH3 is 1. The average Bonchev–Trinajstić information content (AvgIpc) is 3.18. The van der Waals surface area contributed by atoms with E-state index in [-0.39, 0.29) is 11.0 Å². The number of benzene rings is 3. The van der Waals surface area contributed by atoms with E-state index in [0.29, 0.717) is 24.1 Å². The van der Waals surface area contributed by atoms with E-state index in [9.17, 15) is 5.11 Å². The molecule has 38 heavy (non-hydrogen) atoms. The first-order valence-electron chi connectivity index (χ1n) is 12.7. The number of nitrogens with one attached hydrogen (secondary N) is 1. The summed E-state index contributed by atoms with van der Waals surface area (Å²) >= 11 is 5.38. The second kappa shape index (κ2) is 11.2. The first-order valence-corrected chi connectivity index (χ1v) is 13.1. The van der Waals surface area contributed by atoms with Crippen LogP contribution in [0.1, 0.15) is 12.5 Å². The van der Waals surface area contributed by atoms with E-state index in [4.69, 9.17) is 17.0 Å². The molecule has 9 heteroatoms. The SMILES string of the molecule is COc1cccc(NC(=S)N=Nc2c(O)n(CN3CCN(c4cccc(C)c4)[C@H](C)C3)c3ccccc23)c1. The highest BCUT2D eigenvalue weighted by Crippen LogP contribution is 2.39. The summed E-state index contributed by atoms with van der Waals surface area (Å²) in [7, 11) is 1.61. The van der Waals surface area contributed by atoms with Crippen LogP contribution in [0, 0.1) is 6.92 Å². The molecule has 3 aromatic carbocycles. The monoisotopic (exact) mass is 528 g/mol. The van der Waals surface area contributed by atoms with Gasteiger partial charge >= 0.3 is 0 Å². The Morgan fingerprint density at radius 1 is 1.08 bits per heavy atom. The van der Waals surface area contributed by atoms with Crippen LogP contribution in [-0.4, -0.2) is 52.5 Å². The zero-order valence-electron chi connectivity index (χ0n) is 21.8. The lowest BCUT2D eigenvalue weighted by molar-refractivity contribution is 0.179. The number of hydrogen-bond acceptors (Lipinski definition) is 6. The molecule has 0 radical (unpaired) electrons. The van der Waals surface area contributed by atoms with E-state index >= 15 is 0 Å². The van der Waals surface area contributed by atoms with Crippen molar-refractivity contribution in [3.8, 4) is 11.6 Å². The predicted octanol–water partition coefficient (Wildman–Crippen LogP) is 6.31. The summed E-state index contributed by atoms with van der Waals surface area (Å²) in [5.41, 5.74) is 4.58. The van der Waals surface area contributed by atoms with Crippen LogP contribution in [0.5, 0.6) is 11.6 Å². The van der Waals surface area contributed by atoms with Gasteiger partial charge in [-0.1, -0.05) is 36.4 Å². The number of rotatable bonds is 6. The molecule has 2 N–H and O–H groups in total. The predicted molar refractivity (Wildman–Crippen MR) is 157 cm³/mol. The Bertz CT molecular complexity index is 1480. The number of nitrogens with zero attached hydrogens (tertiary/aromatic N) is 5. The molecular weight excluding hydrogens is 496 g/mol.